The highest BCUT2D eigenvalue weighted by Crippen LogP contribution is 2.38. The van der Waals surface area contributed by atoms with Crippen LogP contribution >= 0.6 is 11.6 Å². The molecular weight excluding hydrogens is 354 g/mol. The number of aromatic nitrogens is 2. The topological polar surface area (TPSA) is 101 Å². The van der Waals surface area contributed by atoms with Crippen LogP contribution in [0.15, 0.2) is 10.9 Å². The molecule has 1 fully saturated rings. The number of hydrogen-bond donors (Lipinski definition) is 2. The Hall–Kier alpha value is -0.960. The van der Waals surface area contributed by atoms with Crippen molar-refractivity contribution in [3.05, 3.63) is 27.1 Å². The number of aliphatic hydroxyl groups is 1. The quantitative estimate of drug-likeness (QED) is 0.744. The van der Waals surface area contributed by atoms with Crippen LogP contribution in [-0.2, 0) is 16.6 Å². The third kappa shape index (κ3) is 5.84. The van der Waals surface area contributed by atoms with Gasteiger partial charge in [-0.1, -0.05) is 11.6 Å². The number of rotatable bonds is 7. The monoisotopic (exact) mass is 377 g/mol. The molecule has 1 aromatic heterocycles. The van der Waals surface area contributed by atoms with E-state index in [0.717, 1.165) is 17.5 Å². The van der Waals surface area contributed by atoms with Crippen LogP contribution in [0.1, 0.15) is 51.5 Å². The van der Waals surface area contributed by atoms with Gasteiger partial charge in [-0.3, -0.25) is 4.79 Å². The van der Waals surface area contributed by atoms with Gasteiger partial charge in [0, 0.05) is 11.1 Å². The van der Waals surface area contributed by atoms with Gasteiger partial charge in [-0.15, -0.1) is 0 Å². The lowest BCUT2D eigenvalue weighted by Gasteiger charge is -2.21. The summed E-state index contributed by atoms with van der Waals surface area (Å²) in [7, 11) is -3.50. The third-order valence-corrected chi connectivity index (χ3v) is 5.44. The Bertz CT molecular complexity index is 751. The standard InChI is InChI=1S/C15H24ClN3O4S/c1-15(2,3)18-24(22,23)7-6-11(20)9-19-14(21)12(10-4-5-10)8-13(16)17-19/h8,10-11,18,20H,4-7,9H2,1-3H3. The summed E-state index contributed by atoms with van der Waals surface area (Å²) >= 11 is 5.94. The average Bonchev–Trinajstić information content (AvgIpc) is 3.22. The van der Waals surface area contributed by atoms with Crippen LogP contribution in [-0.4, -0.2) is 40.7 Å². The zero-order chi connectivity index (χ0) is 18.1. The normalized spacial score (nSPS) is 17.0. The SMILES string of the molecule is CC(C)(C)NS(=O)(=O)CCC(O)Cn1nc(Cl)cc(C2CC2)c1=O. The molecule has 1 unspecified atom stereocenters. The molecule has 7 nitrogen and oxygen atoms in total. The fourth-order valence-electron chi connectivity index (χ4n) is 2.44. The van der Waals surface area contributed by atoms with E-state index in [2.05, 4.69) is 9.82 Å². The summed E-state index contributed by atoms with van der Waals surface area (Å²) < 4.78 is 27.5. The van der Waals surface area contributed by atoms with Crippen molar-refractivity contribution in [1.29, 1.82) is 0 Å². The maximum Gasteiger partial charge on any atom is 0.270 e. The highest BCUT2D eigenvalue weighted by Gasteiger charge is 2.28. The molecular formula is C15H24ClN3O4S. The molecule has 0 radical (unpaired) electrons. The molecule has 2 rings (SSSR count). The highest BCUT2D eigenvalue weighted by molar-refractivity contribution is 7.89. The number of nitrogens with one attached hydrogen (secondary N) is 1. The Morgan fingerprint density at radius 2 is 2.08 bits per heavy atom. The van der Waals surface area contributed by atoms with Gasteiger partial charge in [-0.2, -0.15) is 5.10 Å². The van der Waals surface area contributed by atoms with Crippen molar-refractivity contribution in [2.24, 2.45) is 0 Å². The molecule has 1 heterocycles. The molecule has 0 saturated heterocycles. The van der Waals surface area contributed by atoms with Crippen LogP contribution in [0, 0.1) is 0 Å². The molecule has 1 saturated carbocycles. The molecule has 136 valence electrons. The Morgan fingerprint density at radius 1 is 1.46 bits per heavy atom. The van der Waals surface area contributed by atoms with E-state index in [4.69, 9.17) is 11.6 Å². The summed E-state index contributed by atoms with van der Waals surface area (Å²) in [6.07, 6.45) is 0.909. The molecule has 0 amide bonds. The van der Waals surface area contributed by atoms with Gasteiger partial charge in [0.25, 0.3) is 5.56 Å². The van der Waals surface area contributed by atoms with E-state index >= 15 is 0 Å². The summed E-state index contributed by atoms with van der Waals surface area (Å²) in [6, 6.07) is 1.57. The van der Waals surface area contributed by atoms with Crippen molar-refractivity contribution in [1.82, 2.24) is 14.5 Å². The fourth-order valence-corrected chi connectivity index (χ4v) is 4.27. The zero-order valence-electron chi connectivity index (χ0n) is 14.1. The van der Waals surface area contributed by atoms with Crippen molar-refractivity contribution in [2.75, 3.05) is 5.75 Å². The van der Waals surface area contributed by atoms with Crippen LogP contribution in [0.4, 0.5) is 0 Å². The number of halogens is 1. The summed E-state index contributed by atoms with van der Waals surface area (Å²) in [4.78, 5) is 12.3. The lowest BCUT2D eigenvalue weighted by atomic mass is 10.1. The third-order valence-electron chi connectivity index (χ3n) is 3.55. The van der Waals surface area contributed by atoms with Crippen molar-refractivity contribution in [2.45, 2.75) is 64.1 Å². The van der Waals surface area contributed by atoms with E-state index in [0.29, 0.717) is 5.56 Å². The molecule has 1 atom stereocenters. The van der Waals surface area contributed by atoms with E-state index in [1.54, 1.807) is 26.8 Å². The second-order valence-electron chi connectivity index (χ2n) is 7.30. The second kappa shape index (κ2) is 7.11. The van der Waals surface area contributed by atoms with Crippen LogP contribution in [0.25, 0.3) is 0 Å². The molecule has 9 heteroatoms. The van der Waals surface area contributed by atoms with Crippen molar-refractivity contribution < 1.29 is 13.5 Å². The first-order chi connectivity index (χ1) is 11.0. The predicted octanol–water partition coefficient (Wildman–Crippen LogP) is 1.24. The fraction of sp³-hybridized carbons (Fsp3) is 0.733. The van der Waals surface area contributed by atoms with Crippen molar-refractivity contribution >= 4 is 21.6 Å². The van der Waals surface area contributed by atoms with Gasteiger partial charge >= 0.3 is 0 Å². The lowest BCUT2D eigenvalue weighted by molar-refractivity contribution is 0.143. The first kappa shape index (κ1) is 19.4. The highest BCUT2D eigenvalue weighted by atomic mass is 35.5. The van der Waals surface area contributed by atoms with Crippen LogP contribution < -0.4 is 10.3 Å². The number of nitrogens with zero attached hydrogens (tertiary/aromatic N) is 2. The number of hydrogen-bond acceptors (Lipinski definition) is 5. The molecule has 0 aliphatic heterocycles. The van der Waals surface area contributed by atoms with E-state index in [1.165, 1.54) is 0 Å². The first-order valence-corrected chi connectivity index (χ1v) is 9.97. The van der Waals surface area contributed by atoms with Gasteiger partial charge in [-0.05, 0) is 52.0 Å². The molecule has 0 bridgehead atoms. The Balaban J connectivity index is 2.00. The number of sulfonamides is 1. The van der Waals surface area contributed by atoms with E-state index < -0.39 is 21.7 Å². The smallest absolute Gasteiger partial charge is 0.270 e. The van der Waals surface area contributed by atoms with E-state index in [9.17, 15) is 18.3 Å². The van der Waals surface area contributed by atoms with Crippen LogP contribution in [0.2, 0.25) is 5.15 Å². The minimum atomic E-state index is -3.50. The zero-order valence-corrected chi connectivity index (χ0v) is 15.7. The van der Waals surface area contributed by atoms with Gasteiger partial charge in [0.05, 0.1) is 18.4 Å². The summed E-state index contributed by atoms with van der Waals surface area (Å²) in [5.41, 5.74) is -0.227. The molecule has 1 aliphatic carbocycles. The molecule has 1 aliphatic rings. The Morgan fingerprint density at radius 3 is 2.62 bits per heavy atom. The molecule has 0 aromatic carbocycles. The summed E-state index contributed by atoms with van der Waals surface area (Å²) in [5, 5.41) is 14.2. The summed E-state index contributed by atoms with van der Waals surface area (Å²) in [6.45, 7) is 5.16. The largest absolute Gasteiger partial charge is 0.391 e. The van der Waals surface area contributed by atoms with Crippen LogP contribution in [0.5, 0.6) is 0 Å². The summed E-state index contributed by atoms with van der Waals surface area (Å²) in [5.74, 6) is -0.00581. The van der Waals surface area contributed by atoms with Gasteiger partial charge in [0.2, 0.25) is 10.0 Å². The van der Waals surface area contributed by atoms with Crippen molar-refractivity contribution in [3.8, 4) is 0 Å². The molecule has 24 heavy (non-hydrogen) atoms. The van der Waals surface area contributed by atoms with E-state index in [1.807, 2.05) is 0 Å². The minimum absolute atomic E-state index is 0.00477. The van der Waals surface area contributed by atoms with E-state index in [-0.39, 0.29) is 35.3 Å². The number of aliphatic hydroxyl groups excluding tert-OH is 1. The van der Waals surface area contributed by atoms with Crippen LogP contribution in [0.3, 0.4) is 0 Å². The lowest BCUT2D eigenvalue weighted by Crippen LogP contribution is -2.42. The van der Waals surface area contributed by atoms with Gasteiger partial charge in [0.15, 0.2) is 0 Å². The average molecular weight is 378 g/mol. The molecule has 1 aromatic rings. The second-order valence-corrected chi connectivity index (χ2v) is 9.53. The predicted molar refractivity (Wildman–Crippen MR) is 92.8 cm³/mol. The maximum absolute atomic E-state index is 12.3. The molecule has 0 spiro atoms. The minimum Gasteiger partial charge on any atom is -0.391 e. The Kier molecular flexibility index (Phi) is 5.74. The first-order valence-electron chi connectivity index (χ1n) is 7.94. The van der Waals surface area contributed by atoms with Gasteiger partial charge in [0.1, 0.15) is 5.15 Å². The van der Waals surface area contributed by atoms with Gasteiger partial charge in [-0.25, -0.2) is 17.8 Å². The van der Waals surface area contributed by atoms with Gasteiger partial charge < -0.3 is 5.11 Å². The molecule has 2 N–H and O–H groups in total. The Labute approximate surface area is 147 Å². The maximum atomic E-state index is 12.3. The van der Waals surface area contributed by atoms with Crippen molar-refractivity contribution in [3.63, 3.8) is 0 Å².